The fourth-order valence-corrected chi connectivity index (χ4v) is 4.28. The molecule has 1 aliphatic rings. The summed E-state index contributed by atoms with van der Waals surface area (Å²) in [6.07, 6.45) is 3.03. The third-order valence-electron chi connectivity index (χ3n) is 3.56. The van der Waals surface area contributed by atoms with Gasteiger partial charge in [0.05, 0.1) is 37.3 Å². The number of aromatic nitrogens is 1. The minimum absolute atomic E-state index is 0.339. The number of ether oxygens (including phenoxy) is 2. The zero-order valence-corrected chi connectivity index (χ0v) is 12.7. The Bertz CT molecular complexity index is 599. The Kier molecular flexibility index (Phi) is 4.66. The van der Waals surface area contributed by atoms with Crippen LogP contribution in [0.1, 0.15) is 19.3 Å². The summed E-state index contributed by atoms with van der Waals surface area (Å²) in [5.41, 5.74) is 0.339. The van der Waals surface area contributed by atoms with Gasteiger partial charge in [-0.2, -0.15) is 0 Å². The van der Waals surface area contributed by atoms with E-state index in [1.54, 1.807) is 12.1 Å². The van der Waals surface area contributed by atoms with Crippen LogP contribution in [0.4, 0.5) is 5.69 Å². The smallest absolute Gasteiger partial charge is 0.310 e. The quantitative estimate of drug-likeness (QED) is 0.820. The van der Waals surface area contributed by atoms with Crippen molar-refractivity contribution in [1.29, 1.82) is 0 Å². The van der Waals surface area contributed by atoms with Crippen LogP contribution in [-0.4, -0.2) is 38.8 Å². The van der Waals surface area contributed by atoms with E-state index in [4.69, 9.17) is 4.74 Å². The predicted octanol–water partition coefficient (Wildman–Crippen LogP) is 1.17. The molecule has 0 radical (unpaired) electrons. The molecule has 2 rings (SSSR count). The molecule has 1 fully saturated rings. The van der Waals surface area contributed by atoms with Gasteiger partial charge in [0, 0.05) is 6.07 Å². The van der Waals surface area contributed by atoms with E-state index in [9.17, 15) is 13.2 Å². The molecule has 8 heteroatoms. The molecule has 21 heavy (non-hydrogen) atoms. The topological polar surface area (TPSA) is 94.6 Å². The van der Waals surface area contributed by atoms with Crippen LogP contribution < -0.4 is 9.46 Å². The summed E-state index contributed by atoms with van der Waals surface area (Å²) in [4.78, 5) is 15.6. The fourth-order valence-electron chi connectivity index (χ4n) is 2.52. The minimum atomic E-state index is -3.67. The van der Waals surface area contributed by atoms with Crippen LogP contribution in [0.15, 0.2) is 18.3 Å². The molecular weight excluding hydrogens is 296 g/mol. The van der Waals surface area contributed by atoms with E-state index < -0.39 is 27.2 Å². The number of methoxy groups -OCH3 is 2. The monoisotopic (exact) mass is 314 g/mol. The van der Waals surface area contributed by atoms with E-state index in [1.165, 1.54) is 20.4 Å². The van der Waals surface area contributed by atoms with E-state index >= 15 is 0 Å². The standard InChI is InChI=1S/C13H18N2O5S/c1-19-12-7-6-9(8-14-12)15-21(17,18)11-5-3-4-10(11)13(16)20-2/h6-8,10-11,15H,3-5H2,1-2H3. The highest BCUT2D eigenvalue weighted by Crippen LogP contribution is 2.33. The molecule has 7 nitrogen and oxygen atoms in total. The van der Waals surface area contributed by atoms with E-state index in [0.29, 0.717) is 30.8 Å². The average molecular weight is 314 g/mol. The van der Waals surface area contributed by atoms with Gasteiger partial charge in [-0.15, -0.1) is 0 Å². The third kappa shape index (κ3) is 3.44. The van der Waals surface area contributed by atoms with Gasteiger partial charge in [-0.25, -0.2) is 13.4 Å². The maximum Gasteiger partial charge on any atom is 0.310 e. The van der Waals surface area contributed by atoms with E-state index in [1.807, 2.05) is 0 Å². The minimum Gasteiger partial charge on any atom is -0.481 e. The van der Waals surface area contributed by atoms with Crippen LogP contribution in [0, 0.1) is 5.92 Å². The Morgan fingerprint density at radius 1 is 1.33 bits per heavy atom. The highest BCUT2D eigenvalue weighted by molar-refractivity contribution is 7.93. The van der Waals surface area contributed by atoms with Crippen LogP contribution >= 0.6 is 0 Å². The summed E-state index contributed by atoms with van der Waals surface area (Å²) in [7, 11) is -0.922. The van der Waals surface area contributed by atoms with Crippen molar-refractivity contribution in [2.75, 3.05) is 18.9 Å². The van der Waals surface area contributed by atoms with Gasteiger partial charge in [-0.1, -0.05) is 6.42 Å². The first-order valence-electron chi connectivity index (χ1n) is 6.57. The number of esters is 1. The maximum absolute atomic E-state index is 12.4. The second-order valence-corrected chi connectivity index (χ2v) is 6.73. The third-order valence-corrected chi connectivity index (χ3v) is 5.44. The SMILES string of the molecule is COC(=O)C1CCCC1S(=O)(=O)Nc1ccc(OC)nc1. The lowest BCUT2D eigenvalue weighted by molar-refractivity contribution is -0.145. The van der Waals surface area contributed by atoms with Crippen LogP contribution in [0.5, 0.6) is 5.88 Å². The number of nitrogens with one attached hydrogen (secondary N) is 1. The van der Waals surface area contributed by atoms with Crippen LogP contribution in [0.2, 0.25) is 0 Å². The number of hydrogen-bond acceptors (Lipinski definition) is 6. The van der Waals surface area contributed by atoms with Crippen molar-refractivity contribution >= 4 is 21.7 Å². The molecular formula is C13H18N2O5S. The van der Waals surface area contributed by atoms with Crippen molar-refractivity contribution in [1.82, 2.24) is 4.98 Å². The molecule has 1 heterocycles. The van der Waals surface area contributed by atoms with Gasteiger partial charge in [-0.3, -0.25) is 9.52 Å². The molecule has 0 bridgehead atoms. The van der Waals surface area contributed by atoms with E-state index in [2.05, 4.69) is 14.4 Å². The predicted molar refractivity (Wildman–Crippen MR) is 76.5 cm³/mol. The molecule has 0 saturated heterocycles. The lowest BCUT2D eigenvalue weighted by Crippen LogP contribution is -2.35. The number of sulfonamides is 1. The second-order valence-electron chi connectivity index (χ2n) is 4.84. The maximum atomic E-state index is 12.4. The normalized spacial score (nSPS) is 21.8. The molecule has 116 valence electrons. The number of carbonyl (C=O) groups is 1. The molecule has 1 saturated carbocycles. The second kappa shape index (κ2) is 6.30. The first kappa shape index (κ1) is 15.6. The zero-order chi connectivity index (χ0) is 15.5. The molecule has 1 aromatic rings. The molecule has 0 amide bonds. The molecule has 0 spiro atoms. The number of hydrogen-bond donors (Lipinski definition) is 1. The summed E-state index contributed by atoms with van der Waals surface area (Å²) in [6.45, 7) is 0. The Morgan fingerprint density at radius 3 is 2.67 bits per heavy atom. The summed E-state index contributed by atoms with van der Waals surface area (Å²) in [5.74, 6) is -0.694. The van der Waals surface area contributed by atoms with Gasteiger partial charge in [0.2, 0.25) is 15.9 Å². The summed E-state index contributed by atoms with van der Waals surface area (Å²) < 4.78 is 36.9. The van der Waals surface area contributed by atoms with Gasteiger partial charge in [0.15, 0.2) is 0 Å². The van der Waals surface area contributed by atoms with Gasteiger partial charge in [0.25, 0.3) is 0 Å². The molecule has 2 atom stereocenters. The molecule has 1 aromatic heterocycles. The molecule has 0 aromatic carbocycles. The van der Waals surface area contributed by atoms with Crippen molar-refractivity contribution in [3.8, 4) is 5.88 Å². The highest BCUT2D eigenvalue weighted by atomic mass is 32.2. The van der Waals surface area contributed by atoms with Crippen molar-refractivity contribution in [2.45, 2.75) is 24.5 Å². The van der Waals surface area contributed by atoms with Gasteiger partial charge in [0.1, 0.15) is 0 Å². The van der Waals surface area contributed by atoms with Crippen LogP contribution in [0.3, 0.4) is 0 Å². The lowest BCUT2D eigenvalue weighted by atomic mass is 10.1. The summed E-state index contributed by atoms with van der Waals surface area (Å²) in [5, 5.41) is -0.771. The van der Waals surface area contributed by atoms with E-state index in [-0.39, 0.29) is 0 Å². The Hall–Kier alpha value is -1.83. The summed E-state index contributed by atoms with van der Waals surface area (Å²) in [6, 6.07) is 3.12. The molecule has 1 aliphatic carbocycles. The summed E-state index contributed by atoms with van der Waals surface area (Å²) >= 11 is 0. The number of nitrogens with zero attached hydrogens (tertiary/aromatic N) is 1. The van der Waals surface area contributed by atoms with Crippen molar-refractivity contribution in [3.63, 3.8) is 0 Å². The Balaban J connectivity index is 2.15. The average Bonchev–Trinajstić information content (AvgIpc) is 2.97. The van der Waals surface area contributed by atoms with Gasteiger partial charge >= 0.3 is 5.97 Å². The largest absolute Gasteiger partial charge is 0.481 e. The molecule has 0 aliphatic heterocycles. The van der Waals surface area contributed by atoms with Crippen molar-refractivity contribution < 1.29 is 22.7 Å². The van der Waals surface area contributed by atoms with Crippen molar-refractivity contribution in [2.24, 2.45) is 5.92 Å². The van der Waals surface area contributed by atoms with Crippen molar-refractivity contribution in [3.05, 3.63) is 18.3 Å². The highest BCUT2D eigenvalue weighted by Gasteiger charge is 2.42. The zero-order valence-electron chi connectivity index (χ0n) is 11.9. The van der Waals surface area contributed by atoms with Gasteiger partial charge < -0.3 is 9.47 Å². The van der Waals surface area contributed by atoms with Crippen LogP contribution in [0.25, 0.3) is 0 Å². The molecule has 2 unspecified atom stereocenters. The van der Waals surface area contributed by atoms with Gasteiger partial charge in [-0.05, 0) is 18.9 Å². The lowest BCUT2D eigenvalue weighted by Gasteiger charge is -2.19. The first-order chi connectivity index (χ1) is 9.97. The van der Waals surface area contributed by atoms with Crippen LogP contribution in [-0.2, 0) is 19.6 Å². The van der Waals surface area contributed by atoms with E-state index in [0.717, 1.165) is 0 Å². The Labute approximate surface area is 123 Å². The molecule has 1 N–H and O–H groups in total. The number of anilines is 1. The number of rotatable bonds is 5. The Morgan fingerprint density at radius 2 is 2.10 bits per heavy atom. The number of carbonyl (C=O) groups excluding carboxylic acids is 1. The number of pyridine rings is 1. The fraction of sp³-hybridized carbons (Fsp3) is 0.538. The first-order valence-corrected chi connectivity index (χ1v) is 8.12.